The highest BCUT2D eigenvalue weighted by atomic mass is 19.4. The van der Waals surface area contributed by atoms with Gasteiger partial charge in [0.1, 0.15) is 6.61 Å². The third-order valence-corrected chi connectivity index (χ3v) is 3.69. The summed E-state index contributed by atoms with van der Waals surface area (Å²) in [5.41, 5.74) is 0.763. The minimum atomic E-state index is -4.43. The summed E-state index contributed by atoms with van der Waals surface area (Å²) < 4.78 is 42.6. The Morgan fingerprint density at radius 3 is 2.47 bits per heavy atom. The molecule has 1 aromatic carbocycles. The van der Waals surface area contributed by atoms with Crippen LogP contribution in [0.5, 0.6) is 0 Å². The first-order valence-electron chi connectivity index (χ1n) is 8.74. The van der Waals surface area contributed by atoms with E-state index in [4.69, 9.17) is 10.00 Å². The molecule has 0 bridgehead atoms. The lowest BCUT2D eigenvalue weighted by molar-refractivity contribution is -0.137. The van der Waals surface area contributed by atoms with Gasteiger partial charge in [-0.05, 0) is 35.9 Å². The smallest absolute Gasteiger partial charge is 0.416 e. The van der Waals surface area contributed by atoms with Crippen LogP contribution >= 0.6 is 0 Å². The molecular weight excluding hydrogens is 395 g/mol. The van der Waals surface area contributed by atoms with Crippen LogP contribution in [0.2, 0.25) is 0 Å². The van der Waals surface area contributed by atoms with E-state index in [1.807, 2.05) is 6.07 Å². The normalized spacial score (nSPS) is 11.6. The lowest BCUT2D eigenvalue weighted by Crippen LogP contribution is -2.24. The van der Waals surface area contributed by atoms with E-state index in [1.165, 1.54) is 6.08 Å². The zero-order valence-electron chi connectivity index (χ0n) is 16.4. The molecular formula is C22H22F3N3O2. The number of ether oxygens (including phenoxy) is 1. The Hall–Kier alpha value is -3.73. The van der Waals surface area contributed by atoms with Crippen LogP contribution in [0.3, 0.4) is 0 Å². The molecule has 0 atom stereocenters. The molecule has 1 amide bonds. The monoisotopic (exact) mass is 417 g/mol. The number of nitrogens with one attached hydrogen (secondary N) is 1. The summed E-state index contributed by atoms with van der Waals surface area (Å²) in [5.74, 6) is 0. The highest BCUT2D eigenvalue weighted by Gasteiger charge is 2.29. The number of hydrogen-bond acceptors (Lipinski definition) is 4. The van der Waals surface area contributed by atoms with Crippen molar-refractivity contribution < 1.29 is 22.7 Å². The SMILES string of the molecule is C=C(/C=C\C(=C)N(C)CCOC(=O)Nc1ccc(C(F)(F)F)cc1)/C=C/C=C\C#N. The van der Waals surface area contributed by atoms with Gasteiger partial charge in [-0.3, -0.25) is 5.32 Å². The molecule has 0 fully saturated rings. The average Bonchev–Trinajstić information content (AvgIpc) is 2.69. The lowest BCUT2D eigenvalue weighted by Gasteiger charge is -2.19. The summed E-state index contributed by atoms with van der Waals surface area (Å²) in [5, 5.41) is 10.8. The van der Waals surface area contributed by atoms with Crippen molar-refractivity contribution in [3.05, 3.63) is 90.7 Å². The molecule has 0 spiro atoms. The van der Waals surface area contributed by atoms with Gasteiger partial charge in [-0.25, -0.2) is 4.79 Å². The fourth-order valence-corrected chi connectivity index (χ4v) is 1.98. The molecule has 0 aromatic heterocycles. The maximum absolute atomic E-state index is 12.5. The number of carbonyl (C=O) groups excluding carboxylic acids is 1. The first-order chi connectivity index (χ1) is 14.1. The molecule has 0 aliphatic rings. The predicted molar refractivity (Wildman–Crippen MR) is 110 cm³/mol. The Balaban J connectivity index is 2.39. The summed E-state index contributed by atoms with van der Waals surface area (Å²) in [6, 6.07) is 5.93. The number of alkyl halides is 3. The topological polar surface area (TPSA) is 65.4 Å². The minimum Gasteiger partial charge on any atom is -0.447 e. The first-order valence-corrected chi connectivity index (χ1v) is 8.74. The number of likely N-dealkylation sites (N-methyl/N-ethyl adjacent to an activating group) is 1. The maximum atomic E-state index is 12.5. The molecule has 0 radical (unpaired) electrons. The van der Waals surface area contributed by atoms with Gasteiger partial charge in [0.2, 0.25) is 0 Å². The number of nitrogens with zero attached hydrogens (tertiary/aromatic N) is 2. The van der Waals surface area contributed by atoms with Crippen LogP contribution in [0.25, 0.3) is 0 Å². The second-order valence-corrected chi connectivity index (χ2v) is 6.00. The highest BCUT2D eigenvalue weighted by Crippen LogP contribution is 2.29. The fraction of sp³-hybridized carbons (Fsp3) is 0.182. The van der Waals surface area contributed by atoms with Crippen LogP contribution in [0, 0.1) is 11.3 Å². The van der Waals surface area contributed by atoms with Crippen molar-refractivity contribution in [1.82, 2.24) is 4.90 Å². The predicted octanol–water partition coefficient (Wildman–Crippen LogP) is 5.45. The Kier molecular flexibility index (Phi) is 9.70. The number of rotatable bonds is 9. The molecule has 0 unspecified atom stereocenters. The number of halogens is 3. The largest absolute Gasteiger partial charge is 0.447 e. The Labute approximate surface area is 173 Å². The van der Waals surface area contributed by atoms with Crippen molar-refractivity contribution in [1.29, 1.82) is 5.26 Å². The van der Waals surface area contributed by atoms with Crippen LogP contribution in [0.4, 0.5) is 23.7 Å². The minimum absolute atomic E-state index is 0.0512. The first kappa shape index (κ1) is 24.3. The van der Waals surface area contributed by atoms with Crippen molar-refractivity contribution in [2.45, 2.75) is 6.18 Å². The second-order valence-electron chi connectivity index (χ2n) is 6.00. The van der Waals surface area contributed by atoms with Gasteiger partial charge in [-0.15, -0.1) is 0 Å². The summed E-state index contributed by atoms with van der Waals surface area (Å²) in [6.07, 6.45) is 4.63. The van der Waals surface area contributed by atoms with Crippen molar-refractivity contribution in [2.24, 2.45) is 0 Å². The Morgan fingerprint density at radius 1 is 1.20 bits per heavy atom. The van der Waals surface area contributed by atoms with E-state index in [0.717, 1.165) is 24.3 Å². The quantitative estimate of drug-likeness (QED) is 0.429. The summed E-state index contributed by atoms with van der Waals surface area (Å²) in [4.78, 5) is 13.5. The van der Waals surface area contributed by atoms with Gasteiger partial charge in [-0.1, -0.05) is 37.5 Å². The van der Waals surface area contributed by atoms with Gasteiger partial charge < -0.3 is 9.64 Å². The van der Waals surface area contributed by atoms with Crippen molar-refractivity contribution in [3.63, 3.8) is 0 Å². The second kappa shape index (κ2) is 12.0. The Bertz CT molecular complexity index is 876. The van der Waals surface area contributed by atoms with Crippen molar-refractivity contribution >= 4 is 11.8 Å². The van der Waals surface area contributed by atoms with E-state index >= 15 is 0 Å². The average molecular weight is 417 g/mol. The van der Waals surface area contributed by atoms with Crippen LogP contribution in [0.15, 0.2) is 85.1 Å². The third kappa shape index (κ3) is 9.46. The molecule has 0 aliphatic heterocycles. The molecule has 158 valence electrons. The van der Waals surface area contributed by atoms with Crippen LogP contribution < -0.4 is 5.32 Å². The zero-order chi connectivity index (χ0) is 22.6. The van der Waals surface area contributed by atoms with E-state index in [0.29, 0.717) is 17.8 Å². The summed E-state index contributed by atoms with van der Waals surface area (Å²) in [7, 11) is 1.76. The molecule has 0 aliphatic carbocycles. The molecule has 8 heteroatoms. The van der Waals surface area contributed by atoms with Gasteiger partial charge >= 0.3 is 12.3 Å². The molecule has 30 heavy (non-hydrogen) atoms. The van der Waals surface area contributed by atoms with Crippen LogP contribution in [-0.2, 0) is 10.9 Å². The van der Waals surface area contributed by atoms with E-state index in [2.05, 4.69) is 18.5 Å². The van der Waals surface area contributed by atoms with E-state index in [1.54, 1.807) is 42.3 Å². The van der Waals surface area contributed by atoms with E-state index in [-0.39, 0.29) is 12.3 Å². The molecule has 5 nitrogen and oxygen atoms in total. The number of allylic oxidation sites excluding steroid dienone is 7. The molecule has 1 rings (SSSR count). The molecule has 0 saturated heterocycles. The van der Waals surface area contributed by atoms with Crippen molar-refractivity contribution in [3.8, 4) is 6.07 Å². The van der Waals surface area contributed by atoms with E-state index in [9.17, 15) is 18.0 Å². The molecule has 0 saturated carbocycles. The number of amides is 1. The third-order valence-electron chi connectivity index (χ3n) is 3.69. The maximum Gasteiger partial charge on any atom is 0.416 e. The standard InChI is InChI=1S/C22H22F3N3O2/c1-17(7-5-4-6-14-26)8-9-18(2)28(3)15-16-30-21(29)27-20-12-10-19(11-13-20)22(23,24)25/h4-13H,1-2,15-16H2,3H3,(H,27,29)/b6-4-,7-5+,9-8-. The number of hydrogen-bond donors (Lipinski definition) is 1. The number of anilines is 1. The van der Waals surface area contributed by atoms with Gasteiger partial charge in [-0.2, -0.15) is 18.4 Å². The molecule has 0 heterocycles. The highest BCUT2D eigenvalue weighted by molar-refractivity contribution is 5.84. The molecule has 1 N–H and O–H groups in total. The number of carbonyl (C=O) groups is 1. The molecule has 1 aromatic rings. The lowest BCUT2D eigenvalue weighted by atomic mass is 10.2. The zero-order valence-corrected chi connectivity index (χ0v) is 16.4. The van der Waals surface area contributed by atoms with Crippen molar-refractivity contribution in [2.75, 3.05) is 25.5 Å². The summed E-state index contributed by atoms with van der Waals surface area (Å²) in [6.45, 7) is 8.15. The fourth-order valence-electron chi connectivity index (χ4n) is 1.98. The number of benzene rings is 1. The van der Waals surface area contributed by atoms with Gasteiger partial charge in [0.05, 0.1) is 18.2 Å². The van der Waals surface area contributed by atoms with Gasteiger partial charge in [0.25, 0.3) is 0 Å². The van der Waals surface area contributed by atoms with Gasteiger partial charge in [0, 0.05) is 24.5 Å². The van der Waals surface area contributed by atoms with Crippen LogP contribution in [-0.4, -0.2) is 31.2 Å². The van der Waals surface area contributed by atoms with E-state index < -0.39 is 17.8 Å². The van der Waals surface area contributed by atoms with Crippen LogP contribution in [0.1, 0.15) is 5.56 Å². The summed E-state index contributed by atoms with van der Waals surface area (Å²) >= 11 is 0. The Morgan fingerprint density at radius 2 is 1.87 bits per heavy atom. The van der Waals surface area contributed by atoms with Gasteiger partial charge in [0.15, 0.2) is 0 Å². The number of nitriles is 1.